The fourth-order valence-corrected chi connectivity index (χ4v) is 3.98. The number of hydrogen-bond acceptors (Lipinski definition) is 4. The number of amides is 1. The van der Waals surface area contributed by atoms with E-state index in [2.05, 4.69) is 53.3 Å². The molecular weight excluding hydrogens is 404 g/mol. The Balaban J connectivity index is 1.74. The first kappa shape index (κ1) is 21.1. The van der Waals surface area contributed by atoms with E-state index in [9.17, 15) is 4.79 Å². The van der Waals surface area contributed by atoms with Crippen LogP contribution in [0.1, 0.15) is 40.3 Å². The number of carbonyl (C=O) groups excluding carboxylic acids is 1. The smallest absolute Gasteiger partial charge is 0.253 e. The van der Waals surface area contributed by atoms with Crippen LogP contribution in [0, 0.1) is 6.92 Å². The molecule has 1 heterocycles. The van der Waals surface area contributed by atoms with Gasteiger partial charge in [-0.2, -0.15) is 0 Å². The van der Waals surface area contributed by atoms with Gasteiger partial charge in [-0.3, -0.25) is 4.79 Å². The third kappa shape index (κ3) is 5.28. The van der Waals surface area contributed by atoms with Crippen molar-refractivity contribution in [3.8, 4) is 0 Å². The quantitative estimate of drug-likeness (QED) is 0.396. The van der Waals surface area contributed by atoms with Gasteiger partial charge < -0.3 is 9.88 Å². The van der Waals surface area contributed by atoms with E-state index in [4.69, 9.17) is 11.6 Å². The predicted octanol–water partition coefficient (Wildman–Crippen LogP) is 5.21. The maximum Gasteiger partial charge on any atom is 0.253 e. The van der Waals surface area contributed by atoms with Gasteiger partial charge in [0.15, 0.2) is 11.0 Å². The normalized spacial score (nSPS) is 11.8. The lowest BCUT2D eigenvalue weighted by Gasteiger charge is -2.15. The van der Waals surface area contributed by atoms with Crippen LogP contribution in [0.4, 0.5) is 0 Å². The lowest BCUT2D eigenvalue weighted by molar-refractivity contribution is 0.0937. The van der Waals surface area contributed by atoms with Crippen LogP contribution in [0.2, 0.25) is 5.02 Å². The van der Waals surface area contributed by atoms with Gasteiger partial charge in [0.2, 0.25) is 0 Å². The van der Waals surface area contributed by atoms with Crippen molar-refractivity contribution in [2.75, 3.05) is 0 Å². The molecule has 1 N–H and O–H groups in total. The highest BCUT2D eigenvalue weighted by Crippen LogP contribution is 2.25. The summed E-state index contributed by atoms with van der Waals surface area (Å²) in [4.78, 5) is 12.6. The van der Waals surface area contributed by atoms with E-state index in [1.54, 1.807) is 42.1 Å². The van der Waals surface area contributed by atoms with Gasteiger partial charge in [-0.1, -0.05) is 71.4 Å². The van der Waals surface area contributed by atoms with E-state index in [0.717, 1.165) is 10.9 Å². The Morgan fingerprint density at radius 2 is 1.97 bits per heavy atom. The van der Waals surface area contributed by atoms with E-state index in [1.807, 2.05) is 11.5 Å². The van der Waals surface area contributed by atoms with Crippen LogP contribution in [0.25, 0.3) is 0 Å². The topological polar surface area (TPSA) is 59.8 Å². The number of halogens is 1. The van der Waals surface area contributed by atoms with Crippen LogP contribution in [0.15, 0.2) is 66.3 Å². The SMILES string of the molecule is C=CCn1c(SCc2ccc(C)cc2)nnc1C(C)NC(=O)c1ccccc1Cl. The molecule has 1 unspecified atom stereocenters. The van der Waals surface area contributed by atoms with Gasteiger partial charge in [0.1, 0.15) is 0 Å². The molecule has 150 valence electrons. The first-order chi connectivity index (χ1) is 14.0. The summed E-state index contributed by atoms with van der Waals surface area (Å²) in [5.41, 5.74) is 2.89. The van der Waals surface area contributed by atoms with Crippen molar-refractivity contribution in [2.45, 2.75) is 37.3 Å². The number of thioether (sulfide) groups is 1. The summed E-state index contributed by atoms with van der Waals surface area (Å²) in [6.07, 6.45) is 1.80. The summed E-state index contributed by atoms with van der Waals surface area (Å²) < 4.78 is 1.98. The highest BCUT2D eigenvalue weighted by atomic mass is 35.5. The highest BCUT2D eigenvalue weighted by molar-refractivity contribution is 7.98. The molecule has 5 nitrogen and oxygen atoms in total. The van der Waals surface area contributed by atoms with Crippen LogP contribution in [-0.2, 0) is 12.3 Å². The summed E-state index contributed by atoms with van der Waals surface area (Å²) in [7, 11) is 0. The van der Waals surface area contributed by atoms with Crippen molar-refractivity contribution < 1.29 is 4.79 Å². The lowest BCUT2D eigenvalue weighted by atomic mass is 10.2. The van der Waals surface area contributed by atoms with Crippen molar-refractivity contribution in [3.05, 3.63) is 88.7 Å². The molecule has 1 atom stereocenters. The zero-order valence-corrected chi connectivity index (χ0v) is 18.0. The molecular formula is C22H23ClN4OS. The van der Waals surface area contributed by atoms with Crippen molar-refractivity contribution in [2.24, 2.45) is 0 Å². The summed E-state index contributed by atoms with van der Waals surface area (Å²) in [5, 5.41) is 12.8. The van der Waals surface area contributed by atoms with E-state index < -0.39 is 0 Å². The van der Waals surface area contributed by atoms with E-state index in [0.29, 0.717) is 23.0 Å². The number of nitrogens with one attached hydrogen (secondary N) is 1. The van der Waals surface area contributed by atoms with E-state index >= 15 is 0 Å². The molecule has 3 aromatic rings. The maximum atomic E-state index is 12.6. The zero-order valence-electron chi connectivity index (χ0n) is 16.4. The number of rotatable bonds is 8. The van der Waals surface area contributed by atoms with Crippen molar-refractivity contribution >= 4 is 29.3 Å². The number of aromatic nitrogens is 3. The summed E-state index contributed by atoms with van der Waals surface area (Å²) in [6, 6.07) is 15.1. The molecule has 0 saturated heterocycles. The minimum absolute atomic E-state index is 0.245. The number of allylic oxidation sites excluding steroid dienone is 1. The lowest BCUT2D eigenvalue weighted by Crippen LogP contribution is -2.29. The Bertz CT molecular complexity index is 1000. The molecule has 0 fully saturated rings. The number of hydrogen-bond donors (Lipinski definition) is 1. The van der Waals surface area contributed by atoms with Crippen LogP contribution in [0.3, 0.4) is 0 Å². The Kier molecular flexibility index (Phi) is 7.12. The number of nitrogens with zero attached hydrogens (tertiary/aromatic N) is 3. The van der Waals surface area contributed by atoms with Gasteiger partial charge in [-0.15, -0.1) is 16.8 Å². The molecule has 29 heavy (non-hydrogen) atoms. The van der Waals surface area contributed by atoms with Crippen LogP contribution in [0.5, 0.6) is 0 Å². The number of aryl methyl sites for hydroxylation is 1. The average Bonchev–Trinajstić information content (AvgIpc) is 3.11. The Hall–Kier alpha value is -2.57. The number of carbonyl (C=O) groups is 1. The first-order valence-electron chi connectivity index (χ1n) is 9.27. The molecule has 0 aliphatic carbocycles. The monoisotopic (exact) mass is 426 g/mol. The molecule has 0 aliphatic heterocycles. The van der Waals surface area contributed by atoms with Crippen LogP contribution in [-0.4, -0.2) is 20.7 Å². The molecule has 0 radical (unpaired) electrons. The van der Waals surface area contributed by atoms with Crippen LogP contribution >= 0.6 is 23.4 Å². The van der Waals surface area contributed by atoms with Crippen molar-refractivity contribution in [1.82, 2.24) is 20.1 Å². The van der Waals surface area contributed by atoms with Gasteiger partial charge in [0.05, 0.1) is 16.6 Å². The zero-order chi connectivity index (χ0) is 20.8. The fourth-order valence-electron chi connectivity index (χ4n) is 2.84. The molecule has 1 amide bonds. The van der Waals surface area contributed by atoms with Gasteiger partial charge in [-0.05, 0) is 31.5 Å². The number of benzene rings is 2. The predicted molar refractivity (Wildman–Crippen MR) is 118 cm³/mol. The van der Waals surface area contributed by atoms with Gasteiger partial charge >= 0.3 is 0 Å². The van der Waals surface area contributed by atoms with Crippen molar-refractivity contribution in [1.29, 1.82) is 0 Å². The minimum atomic E-state index is -0.333. The molecule has 0 spiro atoms. The molecule has 3 rings (SSSR count). The molecule has 0 saturated carbocycles. The van der Waals surface area contributed by atoms with E-state index in [-0.39, 0.29) is 11.9 Å². The van der Waals surface area contributed by atoms with Crippen LogP contribution < -0.4 is 5.32 Å². The fraction of sp³-hybridized carbons (Fsp3) is 0.227. The second kappa shape index (κ2) is 9.76. The standard InChI is InChI=1S/C22H23ClN4OS/c1-4-13-27-20(16(3)24-21(28)18-7-5-6-8-19(18)23)25-26-22(27)29-14-17-11-9-15(2)10-12-17/h4-12,16H,1,13-14H2,2-3H3,(H,24,28). The Morgan fingerprint density at radius 3 is 2.66 bits per heavy atom. The van der Waals surface area contributed by atoms with Gasteiger partial charge in [0, 0.05) is 12.3 Å². The molecule has 2 aromatic carbocycles. The molecule has 0 bridgehead atoms. The molecule has 7 heteroatoms. The summed E-state index contributed by atoms with van der Waals surface area (Å²) in [5.74, 6) is 1.22. The third-order valence-electron chi connectivity index (χ3n) is 4.40. The third-order valence-corrected chi connectivity index (χ3v) is 5.77. The Labute approximate surface area is 180 Å². The van der Waals surface area contributed by atoms with Crippen molar-refractivity contribution in [3.63, 3.8) is 0 Å². The molecule has 0 aliphatic rings. The second-order valence-corrected chi connectivity index (χ2v) is 8.04. The van der Waals surface area contributed by atoms with Gasteiger partial charge in [0.25, 0.3) is 5.91 Å². The maximum absolute atomic E-state index is 12.6. The summed E-state index contributed by atoms with van der Waals surface area (Å²) in [6.45, 7) is 8.35. The largest absolute Gasteiger partial charge is 0.342 e. The average molecular weight is 427 g/mol. The van der Waals surface area contributed by atoms with E-state index in [1.165, 1.54) is 11.1 Å². The summed E-state index contributed by atoms with van der Waals surface area (Å²) >= 11 is 7.74. The Morgan fingerprint density at radius 1 is 1.24 bits per heavy atom. The van der Waals surface area contributed by atoms with Gasteiger partial charge in [-0.25, -0.2) is 0 Å². The highest BCUT2D eigenvalue weighted by Gasteiger charge is 2.20. The molecule has 1 aromatic heterocycles. The first-order valence-corrected chi connectivity index (χ1v) is 10.6. The minimum Gasteiger partial charge on any atom is -0.342 e. The second-order valence-electron chi connectivity index (χ2n) is 6.69.